The SMILES string of the molecule is NC(=S)c1cnon1. The van der Waals surface area contributed by atoms with Crippen LogP contribution in [-0.2, 0) is 0 Å². The van der Waals surface area contributed by atoms with E-state index in [1.165, 1.54) is 6.20 Å². The summed E-state index contributed by atoms with van der Waals surface area (Å²) < 4.78 is 4.21. The summed E-state index contributed by atoms with van der Waals surface area (Å²) in [5.41, 5.74) is 5.54. The number of nitrogens with zero attached hydrogens (tertiary/aromatic N) is 2. The van der Waals surface area contributed by atoms with Crippen LogP contribution in [0.4, 0.5) is 0 Å². The molecule has 0 amide bonds. The molecule has 0 spiro atoms. The van der Waals surface area contributed by atoms with Gasteiger partial charge < -0.3 is 5.73 Å². The third-order valence-electron chi connectivity index (χ3n) is 0.614. The van der Waals surface area contributed by atoms with Crippen LogP contribution in [0.2, 0.25) is 0 Å². The summed E-state index contributed by atoms with van der Waals surface area (Å²) in [7, 11) is 0. The Morgan fingerprint density at radius 2 is 2.62 bits per heavy atom. The van der Waals surface area contributed by atoms with Crippen LogP contribution in [0.5, 0.6) is 0 Å². The number of rotatable bonds is 1. The summed E-state index contributed by atoms with van der Waals surface area (Å²) in [5, 5.41) is 6.65. The Labute approximate surface area is 50.6 Å². The Kier molecular flexibility index (Phi) is 1.21. The molecule has 0 saturated heterocycles. The monoisotopic (exact) mass is 129 g/mol. The molecule has 0 aliphatic carbocycles. The standard InChI is InChI=1S/C3H3N3OS/c4-3(8)2-1-5-7-6-2/h1H,(H2,4,8). The largest absolute Gasteiger partial charge is 0.388 e. The van der Waals surface area contributed by atoms with E-state index < -0.39 is 0 Å². The molecule has 1 rings (SSSR count). The molecule has 0 atom stereocenters. The van der Waals surface area contributed by atoms with Crippen molar-refractivity contribution in [3.63, 3.8) is 0 Å². The van der Waals surface area contributed by atoms with Gasteiger partial charge in [-0.1, -0.05) is 17.4 Å². The first-order valence-electron chi connectivity index (χ1n) is 1.88. The van der Waals surface area contributed by atoms with Gasteiger partial charge in [-0.25, -0.2) is 4.63 Å². The second kappa shape index (κ2) is 1.87. The van der Waals surface area contributed by atoms with Crippen molar-refractivity contribution in [3.05, 3.63) is 11.9 Å². The van der Waals surface area contributed by atoms with Crippen LogP contribution in [0.15, 0.2) is 10.8 Å². The van der Waals surface area contributed by atoms with Crippen LogP contribution in [0.3, 0.4) is 0 Å². The van der Waals surface area contributed by atoms with Crippen LogP contribution in [0, 0.1) is 0 Å². The van der Waals surface area contributed by atoms with Gasteiger partial charge in [-0.05, 0) is 5.16 Å². The minimum Gasteiger partial charge on any atom is -0.388 e. The number of aromatic nitrogens is 2. The fourth-order valence-corrected chi connectivity index (χ4v) is 0.363. The molecule has 0 radical (unpaired) electrons. The van der Waals surface area contributed by atoms with Gasteiger partial charge in [-0.15, -0.1) is 0 Å². The molecule has 1 heterocycles. The molecule has 0 saturated carbocycles. The summed E-state index contributed by atoms with van der Waals surface area (Å²) >= 11 is 4.53. The lowest BCUT2D eigenvalue weighted by Gasteiger charge is -1.79. The van der Waals surface area contributed by atoms with Gasteiger partial charge in [-0.2, -0.15) is 0 Å². The lowest BCUT2D eigenvalue weighted by Crippen LogP contribution is -2.09. The molecule has 1 aromatic heterocycles. The first kappa shape index (κ1) is 5.17. The smallest absolute Gasteiger partial charge is 0.161 e. The lowest BCUT2D eigenvalue weighted by molar-refractivity contribution is 0.306. The molecule has 8 heavy (non-hydrogen) atoms. The fourth-order valence-electron chi connectivity index (χ4n) is 0.273. The van der Waals surface area contributed by atoms with Crippen molar-refractivity contribution in [1.82, 2.24) is 10.3 Å². The van der Waals surface area contributed by atoms with E-state index in [9.17, 15) is 0 Å². The summed E-state index contributed by atoms with van der Waals surface area (Å²) in [6, 6.07) is 0. The van der Waals surface area contributed by atoms with Gasteiger partial charge in [0.15, 0.2) is 5.69 Å². The van der Waals surface area contributed by atoms with Crippen molar-refractivity contribution < 1.29 is 4.63 Å². The third kappa shape index (κ3) is 0.812. The number of hydrogen-bond acceptors (Lipinski definition) is 4. The molecule has 2 N–H and O–H groups in total. The molecule has 0 bridgehead atoms. The molecule has 0 fully saturated rings. The Bertz CT molecular complexity index is 182. The molecule has 4 nitrogen and oxygen atoms in total. The van der Waals surface area contributed by atoms with E-state index in [0.717, 1.165) is 0 Å². The van der Waals surface area contributed by atoms with Gasteiger partial charge in [0.05, 0.1) is 0 Å². The van der Waals surface area contributed by atoms with Crippen molar-refractivity contribution >= 4 is 17.2 Å². The molecule has 0 unspecified atom stereocenters. The Hall–Kier alpha value is -0.970. The van der Waals surface area contributed by atoms with E-state index in [0.29, 0.717) is 5.69 Å². The van der Waals surface area contributed by atoms with E-state index in [-0.39, 0.29) is 4.99 Å². The lowest BCUT2D eigenvalue weighted by atomic mass is 10.5. The topological polar surface area (TPSA) is 64.9 Å². The third-order valence-corrected chi connectivity index (χ3v) is 0.823. The summed E-state index contributed by atoms with van der Waals surface area (Å²) in [4.78, 5) is 0.200. The Morgan fingerprint density at radius 1 is 1.88 bits per heavy atom. The Morgan fingerprint density at radius 3 is 2.88 bits per heavy atom. The van der Waals surface area contributed by atoms with Crippen LogP contribution in [-0.4, -0.2) is 15.3 Å². The van der Waals surface area contributed by atoms with Crippen molar-refractivity contribution in [3.8, 4) is 0 Å². The molecule has 42 valence electrons. The van der Waals surface area contributed by atoms with E-state index in [4.69, 9.17) is 5.73 Å². The zero-order valence-electron chi connectivity index (χ0n) is 3.87. The maximum Gasteiger partial charge on any atom is 0.161 e. The van der Waals surface area contributed by atoms with Gasteiger partial charge in [0, 0.05) is 0 Å². The van der Waals surface area contributed by atoms with Crippen molar-refractivity contribution in [2.75, 3.05) is 0 Å². The predicted octanol–water partition coefficient (Wildman–Crippen LogP) is -0.296. The van der Waals surface area contributed by atoms with Crippen LogP contribution >= 0.6 is 12.2 Å². The van der Waals surface area contributed by atoms with Gasteiger partial charge in [0.25, 0.3) is 0 Å². The molecule has 0 aliphatic rings. The minimum atomic E-state index is 0.200. The molecule has 0 aromatic carbocycles. The summed E-state index contributed by atoms with van der Waals surface area (Å²) in [5.74, 6) is 0. The number of hydrogen-bond donors (Lipinski definition) is 1. The highest BCUT2D eigenvalue weighted by atomic mass is 32.1. The average molecular weight is 129 g/mol. The molecular formula is C3H3N3OS. The highest BCUT2D eigenvalue weighted by Crippen LogP contribution is 1.87. The maximum absolute atomic E-state index is 5.13. The van der Waals surface area contributed by atoms with Crippen LogP contribution in [0.1, 0.15) is 5.69 Å². The minimum absolute atomic E-state index is 0.200. The summed E-state index contributed by atoms with van der Waals surface area (Å²) in [6.45, 7) is 0. The second-order valence-electron chi connectivity index (χ2n) is 1.16. The molecule has 1 aromatic rings. The highest BCUT2D eigenvalue weighted by molar-refractivity contribution is 7.80. The first-order chi connectivity index (χ1) is 3.80. The highest BCUT2D eigenvalue weighted by Gasteiger charge is 1.97. The van der Waals surface area contributed by atoms with Crippen molar-refractivity contribution in [2.45, 2.75) is 0 Å². The van der Waals surface area contributed by atoms with Crippen LogP contribution in [0.25, 0.3) is 0 Å². The van der Waals surface area contributed by atoms with Crippen LogP contribution < -0.4 is 5.73 Å². The zero-order chi connectivity index (χ0) is 5.98. The number of thiocarbonyl (C=S) groups is 1. The van der Waals surface area contributed by atoms with Gasteiger partial charge in [0.1, 0.15) is 11.2 Å². The van der Waals surface area contributed by atoms with E-state index in [2.05, 4.69) is 27.2 Å². The summed E-state index contributed by atoms with van der Waals surface area (Å²) in [6.07, 6.45) is 1.36. The normalized spacial score (nSPS) is 9.00. The average Bonchev–Trinajstić information content (AvgIpc) is 2.12. The van der Waals surface area contributed by atoms with Gasteiger partial charge >= 0.3 is 0 Å². The van der Waals surface area contributed by atoms with Gasteiger partial charge in [-0.3, -0.25) is 0 Å². The van der Waals surface area contributed by atoms with E-state index in [1.54, 1.807) is 0 Å². The molecular weight excluding hydrogens is 126 g/mol. The fraction of sp³-hybridized carbons (Fsp3) is 0. The molecule has 0 aliphatic heterocycles. The predicted molar refractivity (Wildman–Crippen MR) is 30.2 cm³/mol. The van der Waals surface area contributed by atoms with Crippen molar-refractivity contribution in [2.24, 2.45) is 5.73 Å². The second-order valence-corrected chi connectivity index (χ2v) is 1.60. The molecule has 5 heteroatoms. The Balaban J connectivity index is 2.93. The maximum atomic E-state index is 5.13. The van der Waals surface area contributed by atoms with E-state index >= 15 is 0 Å². The quantitative estimate of drug-likeness (QED) is 0.527. The van der Waals surface area contributed by atoms with E-state index in [1.807, 2.05) is 0 Å². The zero-order valence-corrected chi connectivity index (χ0v) is 4.68. The van der Waals surface area contributed by atoms with Gasteiger partial charge in [0.2, 0.25) is 0 Å². The first-order valence-corrected chi connectivity index (χ1v) is 2.29. The number of nitrogens with two attached hydrogens (primary N) is 1. The van der Waals surface area contributed by atoms with Crippen molar-refractivity contribution in [1.29, 1.82) is 0 Å².